The summed E-state index contributed by atoms with van der Waals surface area (Å²) in [6.07, 6.45) is 2.27. The van der Waals surface area contributed by atoms with Crippen LogP contribution in [0.2, 0.25) is 0 Å². The average molecular weight is 1020 g/mol. The van der Waals surface area contributed by atoms with E-state index in [2.05, 4.69) is 52.2 Å². The highest BCUT2D eigenvalue weighted by Crippen LogP contribution is 2.32. The molecule has 6 amide bonds. The molecule has 0 bridgehead atoms. The number of benzene rings is 2. The summed E-state index contributed by atoms with van der Waals surface area (Å²) in [6.45, 7) is 15.7. The summed E-state index contributed by atoms with van der Waals surface area (Å²) in [5, 5.41) is 27.9. The second-order valence-corrected chi connectivity index (χ2v) is 19.4. The largest absolute Gasteiger partial charge is 0.494 e. The summed E-state index contributed by atoms with van der Waals surface area (Å²) < 4.78 is 52.0. The maximum Gasteiger partial charge on any atom is 0.414 e. The van der Waals surface area contributed by atoms with E-state index < -0.39 is 89.0 Å². The number of aryl methyl sites for hydroxylation is 1. The number of carbonyl (C=O) groups excluding carboxylic acids is 6. The average Bonchev–Trinajstić information content (AvgIpc) is 3.72. The molecule has 2 aromatic carbocycles. The van der Waals surface area contributed by atoms with Crippen molar-refractivity contribution in [2.24, 2.45) is 4.99 Å². The van der Waals surface area contributed by atoms with Crippen molar-refractivity contribution in [1.82, 2.24) is 46.3 Å². The Kier molecular flexibility index (Phi) is 20.4. The number of aliphatic hydroxyl groups is 1. The van der Waals surface area contributed by atoms with E-state index in [1.807, 2.05) is 6.92 Å². The van der Waals surface area contributed by atoms with Crippen LogP contribution >= 0.6 is 0 Å². The summed E-state index contributed by atoms with van der Waals surface area (Å²) in [6, 6.07) is 5.05. The van der Waals surface area contributed by atoms with Crippen LogP contribution in [-0.2, 0) is 30.2 Å². The maximum absolute atomic E-state index is 15.0. The van der Waals surface area contributed by atoms with E-state index in [0.717, 1.165) is 0 Å². The third-order valence-electron chi connectivity index (χ3n) is 9.86. The molecule has 4 rings (SSSR count). The molecule has 2 atom stereocenters. The Morgan fingerprint density at radius 1 is 0.767 bits per heavy atom. The Morgan fingerprint density at radius 3 is 2.00 bits per heavy atom. The highest BCUT2D eigenvalue weighted by Gasteiger charge is 2.30. The van der Waals surface area contributed by atoms with E-state index >= 15 is 4.39 Å². The van der Waals surface area contributed by atoms with Gasteiger partial charge in [-0.05, 0) is 124 Å². The van der Waals surface area contributed by atoms with Crippen LogP contribution in [0.3, 0.4) is 0 Å². The third kappa shape index (κ3) is 18.2. The van der Waals surface area contributed by atoms with E-state index in [9.17, 15) is 38.3 Å². The van der Waals surface area contributed by atoms with Crippen molar-refractivity contribution in [1.29, 1.82) is 0 Å². The second kappa shape index (κ2) is 25.7. The number of methoxy groups -OCH3 is 1. The van der Waals surface area contributed by atoms with E-state index in [0.29, 0.717) is 34.7 Å². The molecule has 24 heteroatoms. The number of aliphatic hydroxyl groups excluding tert-OH is 1. The van der Waals surface area contributed by atoms with Crippen molar-refractivity contribution in [2.75, 3.05) is 38.7 Å². The lowest BCUT2D eigenvalue weighted by molar-refractivity contribution is -0.129. The van der Waals surface area contributed by atoms with Gasteiger partial charge in [0.25, 0.3) is 5.91 Å². The highest BCUT2D eigenvalue weighted by molar-refractivity contribution is 6.02. The number of nitrogens with one attached hydrogen (secondary N) is 7. The first-order chi connectivity index (χ1) is 34.2. The number of fused-ring (bicyclic) bond motifs is 1. The van der Waals surface area contributed by atoms with E-state index in [-0.39, 0.29) is 56.0 Å². The molecule has 0 radical (unpaired) electrons. The number of nitrogens with zero attached hydrogens (tertiary/aromatic N) is 4. The van der Waals surface area contributed by atoms with Crippen LogP contribution in [0.4, 0.5) is 34.7 Å². The fourth-order valence-corrected chi connectivity index (χ4v) is 6.71. The lowest BCUT2D eigenvalue weighted by atomic mass is 10.0. The number of rotatable bonds is 19. The minimum absolute atomic E-state index is 0.00392. The molecule has 0 aliphatic heterocycles. The van der Waals surface area contributed by atoms with Gasteiger partial charge >= 0.3 is 18.3 Å². The van der Waals surface area contributed by atoms with Crippen molar-refractivity contribution < 1.29 is 61.6 Å². The Morgan fingerprint density at radius 2 is 1.40 bits per heavy atom. The second-order valence-electron chi connectivity index (χ2n) is 19.4. The zero-order chi connectivity index (χ0) is 54.3. The lowest BCUT2D eigenvalue weighted by Crippen LogP contribution is -2.56. The number of anilines is 2. The van der Waals surface area contributed by atoms with E-state index in [4.69, 9.17) is 18.9 Å². The summed E-state index contributed by atoms with van der Waals surface area (Å²) in [5.74, 6) is -4.60. The minimum Gasteiger partial charge on any atom is -0.494 e. The number of hydrogen-bond acceptors (Lipinski definition) is 15. The van der Waals surface area contributed by atoms with Gasteiger partial charge in [-0.2, -0.15) is 4.39 Å². The molecular formula is C49H67F2N11O11. The minimum atomic E-state index is -1.48. The quantitative estimate of drug-likeness (QED) is 0.0239. The predicted molar refractivity (Wildman–Crippen MR) is 266 cm³/mol. The van der Waals surface area contributed by atoms with Crippen LogP contribution in [-0.4, -0.2) is 124 Å². The molecule has 4 aromatic rings. The van der Waals surface area contributed by atoms with Crippen molar-refractivity contribution in [3.05, 3.63) is 71.7 Å². The zero-order valence-corrected chi connectivity index (χ0v) is 43.0. The molecule has 73 heavy (non-hydrogen) atoms. The summed E-state index contributed by atoms with van der Waals surface area (Å²) >= 11 is 0. The Bertz CT molecular complexity index is 2610. The van der Waals surface area contributed by atoms with Gasteiger partial charge in [0.1, 0.15) is 28.9 Å². The number of carbonyl (C=O) groups is 6. The molecule has 0 aliphatic carbocycles. The molecule has 8 N–H and O–H groups in total. The van der Waals surface area contributed by atoms with Gasteiger partial charge < -0.3 is 50.6 Å². The van der Waals surface area contributed by atoms with Crippen LogP contribution in [0, 0.1) is 11.6 Å². The fourth-order valence-electron chi connectivity index (χ4n) is 6.71. The monoisotopic (exact) mass is 1020 g/mol. The number of guanidine groups is 1. The fraction of sp³-hybridized carbons (Fsp3) is 0.490. The van der Waals surface area contributed by atoms with Gasteiger partial charge in [-0.25, -0.2) is 33.7 Å². The first-order valence-corrected chi connectivity index (χ1v) is 23.5. The number of halogens is 2. The smallest absolute Gasteiger partial charge is 0.414 e. The highest BCUT2D eigenvalue weighted by atomic mass is 19.2. The van der Waals surface area contributed by atoms with Gasteiger partial charge in [-0.1, -0.05) is 6.92 Å². The lowest BCUT2D eigenvalue weighted by Gasteiger charge is -2.25. The van der Waals surface area contributed by atoms with Crippen LogP contribution < -0.4 is 42.0 Å². The molecule has 0 saturated carbocycles. The predicted octanol–water partition coefficient (Wildman–Crippen LogP) is 5.78. The van der Waals surface area contributed by atoms with Gasteiger partial charge in [-0.15, -0.1) is 0 Å². The number of amides is 6. The Balaban J connectivity index is 1.47. The first-order valence-electron chi connectivity index (χ1n) is 23.5. The first kappa shape index (κ1) is 57.9. The molecule has 0 spiro atoms. The molecule has 2 heterocycles. The maximum atomic E-state index is 15.0. The number of hydrogen-bond donors (Lipinski definition) is 8. The molecule has 2 aromatic heterocycles. The molecular weight excluding hydrogens is 957 g/mol. The number of aromatic nitrogens is 3. The van der Waals surface area contributed by atoms with Crippen molar-refractivity contribution in [2.45, 2.75) is 124 Å². The van der Waals surface area contributed by atoms with Gasteiger partial charge in [-0.3, -0.25) is 29.4 Å². The molecule has 0 fully saturated rings. The van der Waals surface area contributed by atoms with E-state index in [1.54, 1.807) is 91.1 Å². The summed E-state index contributed by atoms with van der Waals surface area (Å²) in [5.41, 5.74) is -0.580. The SMILES string of the molecule is CCc1cc(Nc2nccn3c(-c4ccc(OC)c(F)c4F)cnc23)ccc1C(=O)NCCCNC(=O)C(CN=C(NC(=O)OC(C)(C)C)NC(=O)OC(C)(C)C)NC(=O)[C@H](CCCO)NC(=O)OC(C)(C)C. The number of aliphatic imine (C=N–C) groups is 1. The van der Waals surface area contributed by atoms with Crippen molar-refractivity contribution in [3.63, 3.8) is 0 Å². The molecule has 22 nitrogen and oxygen atoms in total. The summed E-state index contributed by atoms with van der Waals surface area (Å²) in [7, 11) is 1.24. The Hall–Kier alpha value is -7.63. The normalized spacial score (nSPS) is 12.4. The summed E-state index contributed by atoms with van der Waals surface area (Å²) in [4.78, 5) is 92.2. The molecule has 0 aliphatic rings. The van der Waals surface area contributed by atoms with Crippen LogP contribution in [0.15, 0.2) is 53.9 Å². The van der Waals surface area contributed by atoms with Crippen LogP contribution in [0.25, 0.3) is 16.9 Å². The van der Waals surface area contributed by atoms with Gasteiger partial charge in [0.15, 0.2) is 23.0 Å². The van der Waals surface area contributed by atoms with Gasteiger partial charge in [0.05, 0.1) is 25.5 Å². The standard InChI is InChI=1S/C49H67F2N11O11/c1-12-28-25-29(57-38-39-55-27-34(62(39)23-22-52-38)31-18-19-35(70-11)37(51)36(31)50)16-17-30(28)40(64)53-20-14-21-54-41(65)33(58-42(66)32(15-13-24-63)59-44(67)71-47(2,3)4)26-56-43(60-45(68)72-48(5,6)7)61-46(69)73-49(8,9)10/h16-19,22-23,25,27,32-33,63H,12-15,20-21,24,26H2,1-11H3,(H,52,57)(H,53,64)(H,54,65)(H,58,66)(H,59,67)(H2,56,60,61,68,69)/t32-,33?/m0/s1. The molecule has 1 unspecified atom stereocenters. The van der Waals surface area contributed by atoms with Crippen LogP contribution in [0.1, 0.15) is 104 Å². The third-order valence-corrected chi connectivity index (χ3v) is 9.86. The number of ether oxygens (including phenoxy) is 4. The van der Waals surface area contributed by atoms with Crippen molar-refractivity contribution in [3.8, 4) is 17.0 Å². The molecule has 0 saturated heterocycles. The van der Waals surface area contributed by atoms with Crippen LogP contribution in [0.5, 0.6) is 5.75 Å². The Labute approximate surface area is 422 Å². The topological polar surface area (TPSA) is 286 Å². The molecule has 398 valence electrons. The van der Waals surface area contributed by atoms with Gasteiger partial charge in [0, 0.05) is 48.9 Å². The van der Waals surface area contributed by atoms with Crippen molar-refractivity contribution >= 4 is 59.1 Å². The van der Waals surface area contributed by atoms with E-state index in [1.165, 1.54) is 31.6 Å². The number of alkyl carbamates (subject to hydrolysis) is 3. The number of imidazole rings is 1. The zero-order valence-electron chi connectivity index (χ0n) is 43.0. The van der Waals surface area contributed by atoms with Gasteiger partial charge in [0.2, 0.25) is 23.6 Å².